The van der Waals surface area contributed by atoms with Crippen molar-refractivity contribution in [3.05, 3.63) is 34.3 Å². The van der Waals surface area contributed by atoms with Gasteiger partial charge in [0.05, 0.1) is 6.54 Å². The van der Waals surface area contributed by atoms with Crippen LogP contribution >= 0.6 is 15.9 Å². The van der Waals surface area contributed by atoms with Crippen molar-refractivity contribution < 1.29 is 4.79 Å². The van der Waals surface area contributed by atoms with Crippen molar-refractivity contribution in [2.24, 2.45) is 4.99 Å². The molecule has 2 N–H and O–H groups in total. The molecule has 1 amide bonds. The summed E-state index contributed by atoms with van der Waals surface area (Å²) in [6.07, 6.45) is 0. The number of hydrogen-bond donors (Lipinski definition) is 2. The molecule has 1 fully saturated rings. The SMILES string of the molecule is CN=C(NCC(=O)NC(C)(C)C)N1CCN(C(C)c2ccc(Br)cc2)CC1. The quantitative estimate of drug-likeness (QED) is 0.561. The van der Waals surface area contributed by atoms with Gasteiger partial charge >= 0.3 is 0 Å². The number of piperazine rings is 1. The summed E-state index contributed by atoms with van der Waals surface area (Å²) in [5.74, 6) is 0.765. The number of amides is 1. The van der Waals surface area contributed by atoms with Gasteiger partial charge in [-0.15, -0.1) is 0 Å². The number of guanidine groups is 1. The van der Waals surface area contributed by atoms with Gasteiger partial charge in [-0.05, 0) is 45.4 Å². The van der Waals surface area contributed by atoms with Gasteiger partial charge in [-0.1, -0.05) is 28.1 Å². The van der Waals surface area contributed by atoms with E-state index in [0.717, 1.165) is 36.6 Å². The van der Waals surface area contributed by atoms with Crippen LogP contribution in [0.1, 0.15) is 39.3 Å². The Morgan fingerprint density at radius 2 is 1.78 bits per heavy atom. The normalized spacial score (nSPS) is 17.6. The number of hydrogen-bond acceptors (Lipinski definition) is 3. The van der Waals surface area contributed by atoms with Gasteiger partial charge in [0.2, 0.25) is 5.91 Å². The van der Waals surface area contributed by atoms with Crippen LogP contribution in [-0.4, -0.2) is 67.0 Å². The summed E-state index contributed by atoms with van der Waals surface area (Å²) < 4.78 is 1.11. The topological polar surface area (TPSA) is 60.0 Å². The molecule has 0 spiro atoms. The lowest BCUT2D eigenvalue weighted by molar-refractivity contribution is -0.121. The molecule has 0 aromatic heterocycles. The predicted octanol–water partition coefficient (Wildman–Crippen LogP) is 2.62. The largest absolute Gasteiger partial charge is 0.350 e. The molecular weight excluding hydrogens is 406 g/mol. The van der Waals surface area contributed by atoms with Crippen LogP contribution in [0.4, 0.5) is 0 Å². The van der Waals surface area contributed by atoms with Crippen molar-refractivity contribution in [2.75, 3.05) is 39.8 Å². The Hall–Kier alpha value is -1.60. The Bertz CT molecular complexity index is 645. The van der Waals surface area contributed by atoms with Gasteiger partial charge in [0.25, 0.3) is 0 Å². The Morgan fingerprint density at radius 3 is 2.30 bits per heavy atom. The van der Waals surface area contributed by atoms with E-state index in [9.17, 15) is 4.79 Å². The Labute approximate surface area is 171 Å². The van der Waals surface area contributed by atoms with Crippen LogP contribution < -0.4 is 10.6 Å². The molecule has 1 atom stereocenters. The molecule has 27 heavy (non-hydrogen) atoms. The third-order valence-electron chi connectivity index (χ3n) is 4.65. The van der Waals surface area contributed by atoms with Crippen molar-refractivity contribution in [1.82, 2.24) is 20.4 Å². The first-order valence-electron chi connectivity index (χ1n) is 9.46. The smallest absolute Gasteiger partial charge is 0.239 e. The van der Waals surface area contributed by atoms with Gasteiger partial charge in [-0.3, -0.25) is 14.7 Å². The van der Waals surface area contributed by atoms with Crippen LogP contribution in [0.25, 0.3) is 0 Å². The molecule has 1 saturated heterocycles. The number of carbonyl (C=O) groups is 1. The lowest BCUT2D eigenvalue weighted by atomic mass is 10.1. The van der Waals surface area contributed by atoms with E-state index in [0.29, 0.717) is 6.04 Å². The summed E-state index contributed by atoms with van der Waals surface area (Å²) in [6, 6.07) is 8.92. The first-order valence-corrected chi connectivity index (χ1v) is 10.2. The van der Waals surface area contributed by atoms with Crippen LogP contribution in [0.2, 0.25) is 0 Å². The second-order valence-electron chi connectivity index (χ2n) is 7.95. The number of rotatable bonds is 4. The van der Waals surface area contributed by atoms with Crippen LogP contribution in [0.5, 0.6) is 0 Å². The van der Waals surface area contributed by atoms with Gasteiger partial charge in [0, 0.05) is 49.3 Å². The summed E-state index contributed by atoms with van der Waals surface area (Å²) >= 11 is 3.49. The second kappa shape index (κ2) is 9.55. The van der Waals surface area contributed by atoms with E-state index in [1.54, 1.807) is 7.05 Å². The van der Waals surface area contributed by atoms with Crippen molar-refractivity contribution in [3.8, 4) is 0 Å². The second-order valence-corrected chi connectivity index (χ2v) is 8.87. The van der Waals surface area contributed by atoms with E-state index >= 15 is 0 Å². The molecule has 2 rings (SSSR count). The summed E-state index contributed by atoms with van der Waals surface area (Å²) in [5.41, 5.74) is 1.10. The van der Waals surface area contributed by atoms with Crippen molar-refractivity contribution in [1.29, 1.82) is 0 Å². The van der Waals surface area contributed by atoms with Crippen LogP contribution in [0.15, 0.2) is 33.7 Å². The fourth-order valence-corrected chi connectivity index (χ4v) is 3.49. The Morgan fingerprint density at radius 1 is 1.19 bits per heavy atom. The number of halogens is 1. The van der Waals surface area contributed by atoms with Gasteiger partial charge in [0.1, 0.15) is 0 Å². The number of nitrogens with zero attached hydrogens (tertiary/aromatic N) is 3. The maximum atomic E-state index is 12.0. The molecule has 0 saturated carbocycles. The zero-order valence-electron chi connectivity index (χ0n) is 17.1. The molecule has 7 heteroatoms. The van der Waals surface area contributed by atoms with E-state index < -0.39 is 0 Å². The molecule has 0 radical (unpaired) electrons. The molecule has 1 unspecified atom stereocenters. The summed E-state index contributed by atoms with van der Waals surface area (Å²) in [7, 11) is 1.76. The first kappa shape index (κ1) is 21.7. The number of benzene rings is 1. The zero-order valence-corrected chi connectivity index (χ0v) is 18.6. The van der Waals surface area contributed by atoms with E-state index in [-0.39, 0.29) is 18.0 Å². The fraction of sp³-hybridized carbons (Fsp3) is 0.600. The lowest BCUT2D eigenvalue weighted by Crippen LogP contribution is -2.54. The predicted molar refractivity (Wildman–Crippen MR) is 115 cm³/mol. The molecule has 6 nitrogen and oxygen atoms in total. The molecule has 1 aromatic carbocycles. The lowest BCUT2D eigenvalue weighted by Gasteiger charge is -2.39. The minimum absolute atomic E-state index is 0.0221. The van der Waals surface area contributed by atoms with Gasteiger partial charge in [-0.25, -0.2) is 0 Å². The van der Waals surface area contributed by atoms with Gasteiger partial charge in [-0.2, -0.15) is 0 Å². The van der Waals surface area contributed by atoms with Crippen LogP contribution in [0, 0.1) is 0 Å². The highest BCUT2D eigenvalue weighted by atomic mass is 79.9. The van der Waals surface area contributed by atoms with Crippen molar-refractivity contribution in [2.45, 2.75) is 39.3 Å². The number of carbonyl (C=O) groups excluding carboxylic acids is 1. The number of nitrogens with one attached hydrogen (secondary N) is 2. The average Bonchev–Trinajstić information content (AvgIpc) is 2.61. The van der Waals surface area contributed by atoms with Crippen LogP contribution in [0.3, 0.4) is 0 Å². The van der Waals surface area contributed by atoms with E-state index in [1.807, 2.05) is 20.8 Å². The summed E-state index contributed by atoms with van der Waals surface area (Å²) in [6.45, 7) is 12.1. The van der Waals surface area contributed by atoms with E-state index in [2.05, 4.69) is 72.5 Å². The van der Waals surface area contributed by atoms with E-state index in [1.165, 1.54) is 5.56 Å². The molecule has 1 aromatic rings. The summed E-state index contributed by atoms with van der Waals surface area (Å²) in [5, 5.41) is 6.14. The monoisotopic (exact) mass is 437 g/mol. The van der Waals surface area contributed by atoms with E-state index in [4.69, 9.17) is 0 Å². The third-order valence-corrected chi connectivity index (χ3v) is 5.18. The first-order chi connectivity index (χ1) is 12.7. The minimum atomic E-state index is -0.225. The molecule has 150 valence electrons. The Kier molecular flexibility index (Phi) is 7.68. The average molecular weight is 438 g/mol. The number of aliphatic imine (C=N–C) groups is 1. The molecule has 1 aliphatic heterocycles. The van der Waals surface area contributed by atoms with Gasteiger partial charge < -0.3 is 15.5 Å². The van der Waals surface area contributed by atoms with Crippen LogP contribution in [-0.2, 0) is 4.79 Å². The standard InChI is InChI=1S/C20H32BrN5O/c1-15(16-6-8-17(21)9-7-16)25-10-12-26(13-11-25)19(22-5)23-14-18(27)24-20(2,3)4/h6-9,15H,10-14H2,1-5H3,(H,22,23)(H,24,27). The highest BCUT2D eigenvalue weighted by molar-refractivity contribution is 9.10. The molecule has 0 aliphatic carbocycles. The van der Waals surface area contributed by atoms with Crippen molar-refractivity contribution >= 4 is 27.8 Å². The molecule has 0 bridgehead atoms. The molecule has 1 aliphatic rings. The van der Waals surface area contributed by atoms with Crippen molar-refractivity contribution in [3.63, 3.8) is 0 Å². The Balaban J connectivity index is 1.84. The molecular formula is C20H32BrN5O. The van der Waals surface area contributed by atoms with Gasteiger partial charge in [0.15, 0.2) is 5.96 Å². The minimum Gasteiger partial charge on any atom is -0.350 e. The highest BCUT2D eigenvalue weighted by Gasteiger charge is 2.24. The zero-order chi connectivity index (χ0) is 20.0. The molecule has 1 heterocycles. The maximum absolute atomic E-state index is 12.0. The third kappa shape index (κ3) is 6.81. The summed E-state index contributed by atoms with van der Waals surface area (Å²) in [4.78, 5) is 21.1. The fourth-order valence-electron chi connectivity index (χ4n) is 3.23. The highest BCUT2D eigenvalue weighted by Crippen LogP contribution is 2.23. The maximum Gasteiger partial charge on any atom is 0.239 e.